The smallest absolute Gasteiger partial charge is 0.264 e. The Balaban J connectivity index is 1.70. The molecule has 3 aromatic carbocycles. The van der Waals surface area contributed by atoms with Crippen LogP contribution in [-0.4, -0.2) is 6.54 Å². The van der Waals surface area contributed by atoms with Crippen LogP contribution in [0.1, 0.15) is 24.4 Å². The number of benzene rings is 3. The summed E-state index contributed by atoms with van der Waals surface area (Å²) < 4.78 is 2.46. The lowest BCUT2D eigenvalue weighted by molar-refractivity contribution is -0.679. The van der Waals surface area contributed by atoms with E-state index in [1.54, 1.807) is 0 Å². The average molecular weight is 436 g/mol. The number of likely N-dealkylation sites (N-methyl/N-ethyl adjacent to an activating group) is 1. The van der Waals surface area contributed by atoms with Gasteiger partial charge >= 0.3 is 0 Å². The lowest BCUT2D eigenvalue weighted by Gasteiger charge is -2.28. The molecule has 0 spiro atoms. The molecule has 158 valence electrons. The van der Waals surface area contributed by atoms with Crippen molar-refractivity contribution < 1.29 is 4.57 Å². The summed E-state index contributed by atoms with van der Waals surface area (Å²) in [6.45, 7) is 6.30. The summed E-state index contributed by atoms with van der Waals surface area (Å²) in [5, 5.41) is 1.27. The zero-order valence-electron chi connectivity index (χ0n) is 18.5. The maximum Gasteiger partial charge on any atom is 0.264 e. The molecule has 2 heterocycles. The monoisotopic (exact) mass is 435 g/mol. The van der Waals surface area contributed by atoms with Crippen molar-refractivity contribution >= 4 is 29.2 Å². The van der Waals surface area contributed by atoms with E-state index in [1.807, 2.05) is 11.3 Å². The molecule has 1 aliphatic rings. The van der Waals surface area contributed by atoms with Crippen molar-refractivity contribution in [3.05, 3.63) is 107 Å². The Hall–Kier alpha value is -3.43. The Morgan fingerprint density at radius 2 is 1.44 bits per heavy atom. The van der Waals surface area contributed by atoms with Crippen LogP contribution < -0.4 is 9.47 Å². The summed E-state index contributed by atoms with van der Waals surface area (Å²) in [4.78, 5) is 3.72. The number of anilines is 1. The highest BCUT2D eigenvalue weighted by Gasteiger charge is 2.28. The van der Waals surface area contributed by atoms with Crippen LogP contribution in [0.25, 0.3) is 33.9 Å². The minimum Gasteiger partial charge on any atom is -0.341 e. The number of thiazole rings is 1. The molecule has 3 heteroatoms. The van der Waals surface area contributed by atoms with Crippen LogP contribution in [0.5, 0.6) is 0 Å². The third-order valence-corrected chi connectivity index (χ3v) is 7.10. The molecule has 4 aromatic rings. The van der Waals surface area contributed by atoms with Gasteiger partial charge in [-0.3, -0.25) is 0 Å². The fourth-order valence-electron chi connectivity index (χ4n) is 4.41. The van der Waals surface area contributed by atoms with Gasteiger partial charge in [0, 0.05) is 29.6 Å². The van der Waals surface area contributed by atoms with E-state index < -0.39 is 0 Å². The minimum atomic E-state index is 0.916. The molecule has 0 aliphatic carbocycles. The Bertz CT molecular complexity index is 1280. The largest absolute Gasteiger partial charge is 0.341 e. The summed E-state index contributed by atoms with van der Waals surface area (Å²) in [5.41, 5.74) is 7.59. The van der Waals surface area contributed by atoms with Crippen LogP contribution in [-0.2, 0) is 6.54 Å². The summed E-state index contributed by atoms with van der Waals surface area (Å²) in [7, 11) is 0. The van der Waals surface area contributed by atoms with Gasteiger partial charge in [0.1, 0.15) is 11.4 Å². The molecule has 2 nitrogen and oxygen atoms in total. The number of nitrogens with zero attached hydrogens (tertiary/aromatic N) is 2. The van der Waals surface area contributed by atoms with Crippen molar-refractivity contribution in [2.24, 2.45) is 0 Å². The Morgan fingerprint density at radius 1 is 0.781 bits per heavy atom. The lowest BCUT2D eigenvalue weighted by atomic mass is 10.1. The van der Waals surface area contributed by atoms with Gasteiger partial charge in [-0.05, 0) is 49.2 Å². The summed E-state index contributed by atoms with van der Waals surface area (Å²) in [6.07, 6.45) is 6.83. The van der Waals surface area contributed by atoms with Crippen molar-refractivity contribution in [2.75, 3.05) is 11.4 Å². The van der Waals surface area contributed by atoms with E-state index in [0.29, 0.717) is 0 Å². The van der Waals surface area contributed by atoms with Gasteiger partial charge in [-0.15, -0.1) is 0 Å². The Labute approximate surface area is 194 Å². The van der Waals surface area contributed by atoms with Crippen molar-refractivity contribution in [1.82, 2.24) is 0 Å². The second-order valence-electron chi connectivity index (χ2n) is 7.80. The van der Waals surface area contributed by atoms with Gasteiger partial charge in [-0.2, -0.15) is 4.57 Å². The highest BCUT2D eigenvalue weighted by atomic mass is 32.1. The molecule has 0 amide bonds. The SMILES string of the molecule is CCN1/C(=C/c2sc(-c3ccccc3)c(-c3ccccc3)[n+]2CC)C=Cc2ccccc21. The van der Waals surface area contributed by atoms with Crippen molar-refractivity contribution in [2.45, 2.75) is 20.4 Å². The fraction of sp³-hybridized carbons (Fsp3) is 0.138. The van der Waals surface area contributed by atoms with Crippen LogP contribution in [0.4, 0.5) is 5.69 Å². The first-order valence-electron chi connectivity index (χ1n) is 11.2. The first kappa shape index (κ1) is 20.5. The molecular formula is C29H27N2S+. The Kier molecular flexibility index (Phi) is 5.74. The number of hydrogen-bond donors (Lipinski definition) is 0. The Morgan fingerprint density at radius 3 is 2.12 bits per heavy atom. The topological polar surface area (TPSA) is 7.12 Å². The lowest BCUT2D eigenvalue weighted by Crippen LogP contribution is -2.36. The van der Waals surface area contributed by atoms with Crippen LogP contribution in [0.2, 0.25) is 0 Å². The maximum absolute atomic E-state index is 2.46. The highest BCUT2D eigenvalue weighted by Crippen LogP contribution is 2.38. The quantitative estimate of drug-likeness (QED) is 0.299. The molecule has 0 fully saturated rings. The predicted molar refractivity (Wildman–Crippen MR) is 138 cm³/mol. The molecule has 0 N–H and O–H groups in total. The molecule has 0 unspecified atom stereocenters. The molecule has 1 aliphatic heterocycles. The molecule has 32 heavy (non-hydrogen) atoms. The number of hydrogen-bond acceptors (Lipinski definition) is 2. The minimum absolute atomic E-state index is 0.916. The van der Waals surface area contributed by atoms with E-state index in [0.717, 1.165) is 13.1 Å². The zero-order chi connectivity index (χ0) is 21.9. The highest BCUT2D eigenvalue weighted by molar-refractivity contribution is 7.16. The van der Waals surface area contributed by atoms with Gasteiger partial charge in [0.2, 0.25) is 5.69 Å². The summed E-state index contributed by atoms with van der Waals surface area (Å²) >= 11 is 1.87. The normalized spacial score (nSPS) is 14.1. The molecule has 1 aromatic heterocycles. The van der Waals surface area contributed by atoms with Crippen LogP contribution in [0.15, 0.2) is 96.7 Å². The average Bonchev–Trinajstić information content (AvgIpc) is 3.23. The third kappa shape index (κ3) is 3.69. The summed E-state index contributed by atoms with van der Waals surface area (Å²) in [6, 6.07) is 30.1. The van der Waals surface area contributed by atoms with E-state index in [2.05, 4.69) is 126 Å². The number of aromatic nitrogens is 1. The van der Waals surface area contributed by atoms with Gasteiger partial charge in [-0.25, -0.2) is 0 Å². The van der Waals surface area contributed by atoms with Crippen LogP contribution in [0, 0.1) is 0 Å². The number of allylic oxidation sites excluding steroid dienone is 1. The molecule has 0 radical (unpaired) electrons. The van der Waals surface area contributed by atoms with Crippen LogP contribution in [0.3, 0.4) is 0 Å². The third-order valence-electron chi connectivity index (χ3n) is 5.92. The maximum atomic E-state index is 2.46. The summed E-state index contributed by atoms with van der Waals surface area (Å²) in [5.74, 6) is 0. The van der Waals surface area contributed by atoms with E-state index in [4.69, 9.17) is 0 Å². The van der Waals surface area contributed by atoms with Crippen molar-refractivity contribution in [1.29, 1.82) is 0 Å². The van der Waals surface area contributed by atoms with Crippen molar-refractivity contribution in [3.63, 3.8) is 0 Å². The molecule has 0 saturated heterocycles. The molecule has 0 bridgehead atoms. The van der Waals surface area contributed by atoms with Gasteiger partial charge < -0.3 is 4.90 Å². The number of para-hydroxylation sites is 1. The van der Waals surface area contributed by atoms with E-state index >= 15 is 0 Å². The molecule has 0 atom stereocenters. The van der Waals surface area contributed by atoms with Gasteiger partial charge in [-0.1, -0.05) is 84.1 Å². The predicted octanol–water partition coefficient (Wildman–Crippen LogP) is 7.28. The van der Waals surface area contributed by atoms with Gasteiger partial charge in [0.05, 0.1) is 0 Å². The molecular weight excluding hydrogens is 408 g/mol. The number of rotatable bonds is 5. The molecule has 5 rings (SSSR count). The second-order valence-corrected chi connectivity index (χ2v) is 8.83. The molecule has 0 saturated carbocycles. The number of fused-ring (bicyclic) bond motifs is 1. The van der Waals surface area contributed by atoms with Gasteiger partial charge in [0.15, 0.2) is 0 Å². The standard InChI is InChI=1S/C29H27N2S/c1-3-30-25(20-19-22-13-11-12-18-26(22)30)21-27-31(4-2)28(23-14-7-5-8-15-23)29(32-27)24-16-9-6-10-17-24/h5-21H,3-4H2,1-2H3/q+1. The van der Waals surface area contributed by atoms with Crippen molar-refractivity contribution in [3.8, 4) is 21.7 Å². The first-order valence-corrected chi connectivity index (χ1v) is 12.1. The zero-order valence-corrected chi connectivity index (χ0v) is 19.3. The van der Waals surface area contributed by atoms with E-state index in [1.165, 1.54) is 43.7 Å². The second kappa shape index (κ2) is 8.97. The van der Waals surface area contributed by atoms with Gasteiger partial charge in [0.25, 0.3) is 5.01 Å². The van der Waals surface area contributed by atoms with Crippen LogP contribution >= 0.6 is 11.3 Å². The first-order chi connectivity index (χ1) is 15.8. The van der Waals surface area contributed by atoms with E-state index in [9.17, 15) is 0 Å². The fourth-order valence-corrected chi connectivity index (χ4v) is 5.71. The van der Waals surface area contributed by atoms with E-state index in [-0.39, 0.29) is 0 Å².